The number of hydrogen-bond acceptors (Lipinski definition) is 2. The molecule has 0 saturated heterocycles. The molecule has 0 aliphatic heterocycles. The molecule has 0 aliphatic rings. The molecule has 2 N–H and O–H groups in total. The predicted octanol–water partition coefficient (Wildman–Crippen LogP) is 1.43. The smallest absolute Gasteiger partial charge is 0.273 e. The first kappa shape index (κ1) is 8.81. The van der Waals surface area contributed by atoms with Crippen molar-refractivity contribution >= 4 is 16.6 Å². The summed E-state index contributed by atoms with van der Waals surface area (Å²) in [7, 11) is 1.74. The van der Waals surface area contributed by atoms with E-state index in [1.54, 1.807) is 17.7 Å². The number of nitrogens with two attached hydrogens (primary N) is 1. The van der Waals surface area contributed by atoms with E-state index >= 15 is 0 Å². The second kappa shape index (κ2) is 2.87. The van der Waals surface area contributed by atoms with Gasteiger partial charge in [-0.25, -0.2) is 0 Å². The van der Waals surface area contributed by atoms with Crippen molar-refractivity contribution in [3.63, 3.8) is 0 Å². The Bertz CT molecular complexity index is 555. The zero-order chi connectivity index (χ0) is 10.3. The molecule has 1 heterocycles. The molecule has 0 atom stereocenters. The third-order valence-electron chi connectivity index (χ3n) is 2.41. The van der Waals surface area contributed by atoms with E-state index in [0.29, 0.717) is 5.69 Å². The highest BCUT2D eigenvalue weighted by Crippen LogP contribution is 2.15. The number of benzene rings is 1. The molecule has 2 aromatic rings. The van der Waals surface area contributed by atoms with Crippen molar-refractivity contribution in [1.82, 2.24) is 4.57 Å². The van der Waals surface area contributed by atoms with Gasteiger partial charge in [-0.05, 0) is 24.6 Å². The SMILES string of the molecule is Cc1ccc2cc(N)c(=O)n(C)c2c1. The highest BCUT2D eigenvalue weighted by Gasteiger charge is 2.02. The quantitative estimate of drug-likeness (QED) is 0.679. The van der Waals surface area contributed by atoms with E-state index in [-0.39, 0.29) is 5.56 Å². The van der Waals surface area contributed by atoms with Gasteiger partial charge in [-0.3, -0.25) is 4.79 Å². The van der Waals surface area contributed by atoms with Gasteiger partial charge in [-0.15, -0.1) is 0 Å². The van der Waals surface area contributed by atoms with Crippen LogP contribution in [0.15, 0.2) is 29.1 Å². The van der Waals surface area contributed by atoms with Gasteiger partial charge < -0.3 is 10.3 Å². The summed E-state index contributed by atoms with van der Waals surface area (Å²) in [5, 5.41) is 0.996. The van der Waals surface area contributed by atoms with Gasteiger partial charge in [0.15, 0.2) is 0 Å². The van der Waals surface area contributed by atoms with Crippen LogP contribution in [-0.2, 0) is 7.05 Å². The van der Waals surface area contributed by atoms with Crippen molar-refractivity contribution < 1.29 is 0 Å². The lowest BCUT2D eigenvalue weighted by Crippen LogP contribution is -2.20. The average Bonchev–Trinajstić information content (AvgIpc) is 2.16. The number of hydrogen-bond donors (Lipinski definition) is 1. The standard InChI is InChI=1S/C11H12N2O/c1-7-3-4-8-6-9(12)11(14)13(2)10(8)5-7/h3-6H,12H2,1-2H3. The molecular weight excluding hydrogens is 176 g/mol. The number of fused-ring (bicyclic) bond motifs is 1. The number of aromatic nitrogens is 1. The molecule has 3 nitrogen and oxygen atoms in total. The maximum Gasteiger partial charge on any atom is 0.273 e. The molecule has 72 valence electrons. The first-order valence-corrected chi connectivity index (χ1v) is 4.45. The molecule has 2 rings (SSSR count). The lowest BCUT2D eigenvalue weighted by molar-refractivity contribution is 0.909. The van der Waals surface area contributed by atoms with Crippen molar-refractivity contribution in [3.8, 4) is 0 Å². The third-order valence-corrected chi connectivity index (χ3v) is 2.41. The maximum atomic E-state index is 11.5. The Kier molecular flexibility index (Phi) is 1.81. The molecule has 0 radical (unpaired) electrons. The van der Waals surface area contributed by atoms with Gasteiger partial charge in [0.1, 0.15) is 0 Å². The third kappa shape index (κ3) is 1.18. The van der Waals surface area contributed by atoms with Crippen molar-refractivity contribution in [1.29, 1.82) is 0 Å². The van der Waals surface area contributed by atoms with Crippen molar-refractivity contribution in [2.45, 2.75) is 6.92 Å². The minimum absolute atomic E-state index is 0.136. The van der Waals surface area contributed by atoms with Crippen molar-refractivity contribution in [2.75, 3.05) is 5.73 Å². The molecule has 0 spiro atoms. The van der Waals surface area contributed by atoms with Crippen LogP contribution in [0, 0.1) is 6.92 Å². The largest absolute Gasteiger partial charge is 0.394 e. The monoisotopic (exact) mass is 188 g/mol. The molecule has 0 aliphatic carbocycles. The van der Waals surface area contributed by atoms with Gasteiger partial charge in [0.05, 0.1) is 11.2 Å². The average molecular weight is 188 g/mol. The molecule has 0 amide bonds. The fraction of sp³-hybridized carbons (Fsp3) is 0.182. The summed E-state index contributed by atoms with van der Waals surface area (Å²) in [4.78, 5) is 11.5. The van der Waals surface area contributed by atoms with E-state index in [2.05, 4.69) is 0 Å². The highest BCUT2D eigenvalue weighted by molar-refractivity contribution is 5.82. The number of nitrogens with zero attached hydrogens (tertiary/aromatic N) is 1. The molecule has 1 aromatic carbocycles. The lowest BCUT2D eigenvalue weighted by atomic mass is 10.1. The van der Waals surface area contributed by atoms with Gasteiger partial charge in [-0.1, -0.05) is 12.1 Å². The Balaban J connectivity index is 2.99. The molecule has 0 fully saturated rings. The summed E-state index contributed by atoms with van der Waals surface area (Å²) < 4.78 is 1.58. The van der Waals surface area contributed by atoms with Crippen LogP contribution in [-0.4, -0.2) is 4.57 Å². The molecule has 0 bridgehead atoms. The van der Waals surface area contributed by atoms with Crippen LogP contribution in [0.25, 0.3) is 10.9 Å². The Hall–Kier alpha value is -1.77. The highest BCUT2D eigenvalue weighted by atomic mass is 16.1. The van der Waals surface area contributed by atoms with Gasteiger partial charge >= 0.3 is 0 Å². The van der Waals surface area contributed by atoms with Crippen LogP contribution in [0.1, 0.15) is 5.56 Å². The fourth-order valence-corrected chi connectivity index (χ4v) is 1.60. The summed E-state index contributed by atoms with van der Waals surface area (Å²) in [6.45, 7) is 2.00. The van der Waals surface area contributed by atoms with E-state index in [1.165, 1.54) is 0 Å². The summed E-state index contributed by atoms with van der Waals surface area (Å²) in [6, 6.07) is 7.68. The summed E-state index contributed by atoms with van der Waals surface area (Å²) in [5.41, 5.74) is 7.81. The number of nitrogen functional groups attached to an aromatic ring is 1. The fourth-order valence-electron chi connectivity index (χ4n) is 1.60. The van der Waals surface area contributed by atoms with E-state index in [1.807, 2.05) is 25.1 Å². The molecule has 0 saturated carbocycles. The zero-order valence-corrected chi connectivity index (χ0v) is 8.24. The summed E-state index contributed by atoms with van der Waals surface area (Å²) in [6.07, 6.45) is 0. The summed E-state index contributed by atoms with van der Waals surface area (Å²) in [5.74, 6) is 0. The van der Waals surface area contributed by atoms with Gasteiger partial charge in [0, 0.05) is 12.4 Å². The lowest BCUT2D eigenvalue weighted by Gasteiger charge is -2.06. The number of aryl methyl sites for hydroxylation is 2. The molecule has 3 heteroatoms. The first-order chi connectivity index (χ1) is 6.59. The van der Waals surface area contributed by atoms with Gasteiger partial charge in [0.25, 0.3) is 5.56 Å². The predicted molar refractivity (Wildman–Crippen MR) is 58.3 cm³/mol. The van der Waals surface area contributed by atoms with Crippen LogP contribution >= 0.6 is 0 Å². The minimum Gasteiger partial charge on any atom is -0.394 e. The van der Waals surface area contributed by atoms with E-state index in [0.717, 1.165) is 16.5 Å². The van der Waals surface area contributed by atoms with Gasteiger partial charge in [0.2, 0.25) is 0 Å². The second-order valence-electron chi connectivity index (χ2n) is 3.53. The summed E-state index contributed by atoms with van der Waals surface area (Å²) >= 11 is 0. The number of rotatable bonds is 0. The van der Waals surface area contributed by atoms with Crippen LogP contribution in [0.5, 0.6) is 0 Å². The Morgan fingerprint density at radius 1 is 1.29 bits per heavy atom. The van der Waals surface area contributed by atoms with Crippen molar-refractivity contribution in [2.24, 2.45) is 7.05 Å². The topological polar surface area (TPSA) is 48.0 Å². The van der Waals surface area contributed by atoms with Crippen LogP contribution in [0.3, 0.4) is 0 Å². The Morgan fingerprint density at radius 2 is 2.00 bits per heavy atom. The van der Waals surface area contributed by atoms with Crippen LogP contribution < -0.4 is 11.3 Å². The van der Waals surface area contributed by atoms with E-state index < -0.39 is 0 Å². The number of anilines is 1. The maximum absolute atomic E-state index is 11.5. The molecular formula is C11H12N2O. The van der Waals surface area contributed by atoms with E-state index in [4.69, 9.17) is 5.73 Å². The van der Waals surface area contributed by atoms with Crippen molar-refractivity contribution in [3.05, 3.63) is 40.2 Å². The number of pyridine rings is 1. The normalized spacial score (nSPS) is 10.7. The molecule has 14 heavy (non-hydrogen) atoms. The first-order valence-electron chi connectivity index (χ1n) is 4.45. The van der Waals surface area contributed by atoms with E-state index in [9.17, 15) is 4.79 Å². The zero-order valence-electron chi connectivity index (χ0n) is 8.24. The minimum atomic E-state index is -0.136. The Morgan fingerprint density at radius 3 is 2.71 bits per heavy atom. The Labute approximate surface area is 81.8 Å². The van der Waals surface area contributed by atoms with Crippen LogP contribution in [0.4, 0.5) is 5.69 Å². The van der Waals surface area contributed by atoms with Crippen LogP contribution in [0.2, 0.25) is 0 Å². The van der Waals surface area contributed by atoms with Gasteiger partial charge in [-0.2, -0.15) is 0 Å². The second-order valence-corrected chi connectivity index (χ2v) is 3.53. The molecule has 0 unspecified atom stereocenters. The molecule has 1 aromatic heterocycles.